The molecule has 1 fully saturated rings. The Morgan fingerprint density at radius 2 is 1.92 bits per heavy atom. The Bertz CT molecular complexity index is 783. The van der Waals surface area contributed by atoms with Crippen LogP contribution >= 0.6 is 12.4 Å². The number of ether oxygens (including phenoxy) is 1. The van der Waals surface area contributed by atoms with E-state index in [9.17, 15) is 9.59 Å². The van der Waals surface area contributed by atoms with Gasteiger partial charge in [-0.3, -0.25) is 4.79 Å². The van der Waals surface area contributed by atoms with Gasteiger partial charge >= 0.3 is 11.9 Å². The first kappa shape index (κ1) is 19.0. The monoisotopic (exact) mass is 367 g/mol. The van der Waals surface area contributed by atoms with E-state index in [4.69, 9.17) is 10.5 Å². The highest BCUT2D eigenvalue weighted by molar-refractivity contribution is 5.92. The normalized spacial score (nSPS) is 19.9. The predicted molar refractivity (Wildman–Crippen MR) is 92.0 cm³/mol. The van der Waals surface area contributed by atoms with Crippen LogP contribution < -0.4 is 5.73 Å². The molecule has 2 aromatic rings. The lowest BCUT2D eigenvalue weighted by Crippen LogP contribution is -2.37. The number of amides is 1. The van der Waals surface area contributed by atoms with Crippen molar-refractivity contribution >= 4 is 42.0 Å². The van der Waals surface area contributed by atoms with Crippen molar-refractivity contribution in [1.82, 2.24) is 10.3 Å². The Morgan fingerprint density at radius 1 is 1.24 bits per heavy atom. The first-order valence-corrected chi connectivity index (χ1v) is 7.84. The summed E-state index contributed by atoms with van der Waals surface area (Å²) in [7, 11) is 0. The molecule has 1 aliphatic rings. The largest absolute Gasteiger partial charge is 0.461 e. The van der Waals surface area contributed by atoms with Crippen LogP contribution in [-0.4, -0.2) is 52.2 Å². The smallest absolute Gasteiger partial charge is 0.419 e. The Hall–Kier alpha value is -2.32. The molecule has 0 bridgehead atoms. The number of carbonyl (C=O) groups is 2. The second-order valence-electron chi connectivity index (χ2n) is 5.87. The van der Waals surface area contributed by atoms with Gasteiger partial charge < -0.3 is 10.5 Å². The van der Waals surface area contributed by atoms with Crippen molar-refractivity contribution < 1.29 is 23.5 Å². The van der Waals surface area contributed by atoms with E-state index in [1.165, 1.54) is 4.58 Å². The summed E-state index contributed by atoms with van der Waals surface area (Å²) in [5.74, 6) is -0.571. The molecule has 0 radical (unpaired) electrons. The highest BCUT2D eigenvalue weighted by Crippen LogP contribution is 2.24. The number of fused-ring (bicyclic) bond motifs is 1. The molecule has 1 aromatic heterocycles. The summed E-state index contributed by atoms with van der Waals surface area (Å²) in [5, 5.41) is 7.46. The maximum atomic E-state index is 12.6. The maximum absolute atomic E-state index is 12.6. The summed E-state index contributed by atoms with van der Waals surface area (Å²) in [5.41, 5.74) is 6.87. The van der Waals surface area contributed by atoms with Crippen LogP contribution in [0.3, 0.4) is 0 Å². The number of rotatable bonds is 4. The number of nitrogens with two attached hydrogens (primary N) is 1. The zero-order valence-corrected chi connectivity index (χ0v) is 14.4. The van der Waals surface area contributed by atoms with Crippen molar-refractivity contribution in [2.45, 2.75) is 37.8 Å². The summed E-state index contributed by atoms with van der Waals surface area (Å²) in [6.07, 6.45) is 2.72. The van der Waals surface area contributed by atoms with E-state index in [2.05, 4.69) is 21.7 Å². The molecule has 134 valence electrons. The lowest BCUT2D eigenvalue weighted by atomic mass is 9.92. The molecule has 1 saturated carbocycles. The minimum absolute atomic E-state index is 0. The maximum Gasteiger partial charge on any atom is 0.419 e. The van der Waals surface area contributed by atoms with E-state index >= 15 is 0 Å². The Kier molecular flexibility index (Phi) is 6.22. The van der Waals surface area contributed by atoms with Gasteiger partial charge in [0.2, 0.25) is 0 Å². The number of carbonyl (C=O) groups excluding carboxylic acids is 2. The first-order chi connectivity index (χ1) is 11.6. The topological polar surface area (TPSA) is 111 Å². The van der Waals surface area contributed by atoms with Gasteiger partial charge in [-0.25, -0.2) is 9.42 Å². The van der Waals surface area contributed by atoms with E-state index in [-0.39, 0.29) is 37.0 Å². The highest BCUT2D eigenvalue weighted by Gasteiger charge is 2.33. The van der Waals surface area contributed by atoms with Crippen molar-refractivity contribution in [3.63, 3.8) is 0 Å². The molecular weight excluding hydrogens is 348 g/mol. The lowest BCUT2D eigenvalue weighted by Gasteiger charge is -2.25. The van der Waals surface area contributed by atoms with Crippen LogP contribution in [0.4, 0.5) is 0 Å². The third-order valence-electron chi connectivity index (χ3n) is 4.31. The average Bonchev–Trinajstić information content (AvgIpc) is 3.08. The van der Waals surface area contributed by atoms with Gasteiger partial charge in [0, 0.05) is 12.8 Å². The molecule has 2 N–H and O–H groups in total. The average molecular weight is 368 g/mol. The summed E-state index contributed by atoms with van der Waals surface area (Å²) in [6.45, 7) is 3.79. The zero-order valence-electron chi connectivity index (χ0n) is 13.6. The van der Waals surface area contributed by atoms with Crippen LogP contribution in [0.25, 0.3) is 11.0 Å². The van der Waals surface area contributed by atoms with Crippen LogP contribution in [0.2, 0.25) is 0 Å². The van der Waals surface area contributed by atoms with Gasteiger partial charge in [0.25, 0.3) is 0 Å². The van der Waals surface area contributed by atoms with E-state index in [0.717, 1.165) is 12.8 Å². The van der Waals surface area contributed by atoms with Crippen molar-refractivity contribution in [2.75, 3.05) is 6.54 Å². The van der Waals surface area contributed by atoms with Crippen LogP contribution in [-0.2, 0) is 9.53 Å². The zero-order chi connectivity index (χ0) is 17.1. The number of hydrogen-bond acceptors (Lipinski definition) is 7. The van der Waals surface area contributed by atoms with Gasteiger partial charge in [-0.1, -0.05) is 0 Å². The molecule has 0 saturated heterocycles. The van der Waals surface area contributed by atoms with E-state index in [1.807, 2.05) is 0 Å². The highest BCUT2D eigenvalue weighted by atomic mass is 35.5. The van der Waals surface area contributed by atoms with Crippen molar-refractivity contribution in [3.8, 4) is 0 Å². The second-order valence-corrected chi connectivity index (χ2v) is 5.87. The molecule has 0 atom stereocenters. The predicted octanol–water partition coefficient (Wildman–Crippen LogP) is 1.31. The Balaban J connectivity index is 0.00000225. The molecule has 8 nitrogen and oxygen atoms in total. The third kappa shape index (κ3) is 4.21. The molecule has 25 heavy (non-hydrogen) atoms. The van der Waals surface area contributed by atoms with Gasteiger partial charge in [-0.2, -0.15) is 4.58 Å². The molecule has 9 heteroatoms. The fourth-order valence-electron chi connectivity index (χ4n) is 2.96. The van der Waals surface area contributed by atoms with Crippen molar-refractivity contribution in [3.05, 3.63) is 23.8 Å². The van der Waals surface area contributed by atoms with Crippen LogP contribution in [0, 0.1) is 0 Å². The van der Waals surface area contributed by atoms with Crippen LogP contribution in [0.5, 0.6) is 0 Å². The minimum Gasteiger partial charge on any atom is -0.461 e. The van der Waals surface area contributed by atoms with E-state index in [0.29, 0.717) is 29.4 Å². The lowest BCUT2D eigenvalue weighted by molar-refractivity contribution is -0.469. The first-order valence-electron chi connectivity index (χ1n) is 7.84. The fraction of sp³-hybridized carbons (Fsp3) is 0.438. The molecule has 1 amide bonds. The number of halogens is 1. The van der Waals surface area contributed by atoms with Crippen molar-refractivity contribution in [2.24, 2.45) is 5.73 Å². The summed E-state index contributed by atoms with van der Waals surface area (Å²) in [4.78, 5) is 23.8. The summed E-state index contributed by atoms with van der Waals surface area (Å²) in [6, 6.07) is 5.02. The molecule has 1 aromatic carbocycles. The van der Waals surface area contributed by atoms with Gasteiger partial charge in [0.05, 0.1) is 12.1 Å². The van der Waals surface area contributed by atoms with Gasteiger partial charge in [0.15, 0.2) is 6.04 Å². The van der Waals surface area contributed by atoms with Crippen molar-refractivity contribution in [1.29, 1.82) is 0 Å². The Labute approximate surface area is 150 Å². The quantitative estimate of drug-likeness (QED) is 0.492. The van der Waals surface area contributed by atoms with Gasteiger partial charge in [-0.15, -0.1) is 12.4 Å². The minimum atomic E-state index is -0.393. The second kappa shape index (κ2) is 8.17. The third-order valence-corrected chi connectivity index (χ3v) is 4.31. The number of esters is 1. The number of hydrogen-bond donors (Lipinski definition) is 1. The molecule has 1 aliphatic carbocycles. The summed E-state index contributed by atoms with van der Waals surface area (Å²) >= 11 is 0. The molecule has 3 rings (SSSR count). The van der Waals surface area contributed by atoms with Crippen LogP contribution in [0.1, 0.15) is 36.0 Å². The molecule has 0 aliphatic heterocycles. The van der Waals surface area contributed by atoms with E-state index < -0.39 is 5.97 Å². The molecule has 1 heterocycles. The van der Waals surface area contributed by atoms with Crippen LogP contribution in [0.15, 0.2) is 22.8 Å². The number of aromatic nitrogens is 2. The van der Waals surface area contributed by atoms with Gasteiger partial charge in [-0.05, 0) is 41.4 Å². The number of nitrogens with zero attached hydrogens (tertiary/aromatic N) is 3. The van der Waals surface area contributed by atoms with E-state index in [1.54, 1.807) is 18.2 Å². The Morgan fingerprint density at radius 3 is 2.60 bits per heavy atom. The molecular formula is C16H20ClN4O4+. The molecule has 0 unspecified atom stereocenters. The summed E-state index contributed by atoms with van der Waals surface area (Å²) < 4.78 is 11.4. The standard InChI is InChI=1S/C16H19N4O4.ClH/c1-20(11-3-5-12(6-4-11)23-15(21)9-17)16(22)10-2-7-13-14(8-10)19-24-18-13;/h2,7-8,11-12H,1,3-6,9,17H2;1H/q+1;. The molecule has 0 spiro atoms. The van der Waals surface area contributed by atoms with Gasteiger partial charge in [0.1, 0.15) is 23.9 Å². The number of benzene rings is 1. The fourth-order valence-corrected chi connectivity index (χ4v) is 2.96. The SMILES string of the molecule is C=[N+](C(=O)c1ccc2nonc2c1)C1CCC(OC(=O)CN)CC1.Cl.